The van der Waals surface area contributed by atoms with Gasteiger partial charge in [0.1, 0.15) is 6.04 Å². The van der Waals surface area contributed by atoms with Crippen LogP contribution in [0.25, 0.3) is 0 Å². The summed E-state index contributed by atoms with van der Waals surface area (Å²) in [4.78, 5) is 21.6. The van der Waals surface area contributed by atoms with Crippen LogP contribution in [-0.2, 0) is 19.6 Å². The van der Waals surface area contributed by atoms with Crippen LogP contribution in [0.2, 0.25) is 0 Å². The number of hydrogen-bond acceptors (Lipinski definition) is 6. The molecule has 1 aromatic rings. The average Bonchev–Trinajstić information content (AvgIpc) is 2.43. The Labute approximate surface area is 128 Å². The maximum atomic E-state index is 12.3. The summed E-state index contributed by atoms with van der Waals surface area (Å²) in [6.45, 7) is 5.06. The Hall–Kier alpha value is -2.00. The molecule has 0 aliphatic heterocycles. The normalized spacial score (nSPS) is 13.5. The minimum absolute atomic E-state index is 0.170. The molecule has 0 heterocycles. The van der Waals surface area contributed by atoms with E-state index >= 15 is 0 Å². The largest absolute Gasteiger partial charge is 0.468 e. The van der Waals surface area contributed by atoms with Crippen molar-refractivity contribution in [1.29, 1.82) is 0 Å². The van der Waals surface area contributed by atoms with Crippen molar-refractivity contribution in [3.05, 3.63) is 34.4 Å². The van der Waals surface area contributed by atoms with Crippen molar-refractivity contribution in [3.8, 4) is 0 Å². The molecule has 122 valence electrons. The molecule has 0 saturated carbocycles. The van der Waals surface area contributed by atoms with Crippen molar-refractivity contribution >= 4 is 21.7 Å². The summed E-state index contributed by atoms with van der Waals surface area (Å²) in [5.74, 6) is -0.710. The number of non-ortho nitro benzene ring substituents is 1. The first kappa shape index (κ1) is 18.1. The lowest BCUT2D eigenvalue weighted by molar-refractivity contribution is -0.384. The molecule has 22 heavy (non-hydrogen) atoms. The van der Waals surface area contributed by atoms with Gasteiger partial charge in [-0.25, -0.2) is 8.42 Å². The van der Waals surface area contributed by atoms with Crippen molar-refractivity contribution in [2.75, 3.05) is 7.11 Å². The number of nitrogens with one attached hydrogen (secondary N) is 1. The smallest absolute Gasteiger partial charge is 0.324 e. The summed E-state index contributed by atoms with van der Waals surface area (Å²) in [7, 11) is -2.85. The number of sulfonamides is 1. The van der Waals surface area contributed by atoms with Gasteiger partial charge in [0.05, 0.1) is 16.9 Å². The van der Waals surface area contributed by atoms with Gasteiger partial charge in [0.15, 0.2) is 0 Å². The number of rotatable bonds is 5. The first-order valence-electron chi connectivity index (χ1n) is 6.33. The molecule has 0 radical (unpaired) electrons. The number of nitrogens with zero attached hydrogens (tertiary/aromatic N) is 1. The third-order valence-electron chi connectivity index (χ3n) is 2.93. The Morgan fingerprint density at radius 3 is 2.14 bits per heavy atom. The van der Waals surface area contributed by atoms with E-state index in [1.807, 2.05) is 0 Å². The van der Waals surface area contributed by atoms with Gasteiger partial charge in [-0.15, -0.1) is 0 Å². The van der Waals surface area contributed by atoms with E-state index in [-0.39, 0.29) is 10.6 Å². The minimum Gasteiger partial charge on any atom is -0.468 e. The van der Waals surface area contributed by atoms with Crippen LogP contribution in [0.4, 0.5) is 5.69 Å². The fourth-order valence-electron chi connectivity index (χ4n) is 1.67. The lowest BCUT2D eigenvalue weighted by atomic mass is 9.87. The fraction of sp³-hybridized carbons (Fsp3) is 0.462. The topological polar surface area (TPSA) is 116 Å². The molecule has 1 N–H and O–H groups in total. The van der Waals surface area contributed by atoms with Gasteiger partial charge in [0, 0.05) is 12.1 Å². The Kier molecular flexibility index (Phi) is 5.26. The van der Waals surface area contributed by atoms with Crippen LogP contribution in [0.15, 0.2) is 29.2 Å². The first-order chi connectivity index (χ1) is 9.99. The monoisotopic (exact) mass is 330 g/mol. The van der Waals surface area contributed by atoms with Crippen LogP contribution in [0.3, 0.4) is 0 Å². The minimum atomic E-state index is -4.01. The van der Waals surface area contributed by atoms with E-state index in [0.29, 0.717) is 0 Å². The van der Waals surface area contributed by atoms with E-state index in [9.17, 15) is 23.3 Å². The zero-order chi connectivity index (χ0) is 17.1. The van der Waals surface area contributed by atoms with Crippen molar-refractivity contribution in [3.63, 3.8) is 0 Å². The molecule has 1 atom stereocenters. The molecular formula is C13H18N2O6S. The summed E-state index contributed by atoms with van der Waals surface area (Å²) >= 11 is 0. The van der Waals surface area contributed by atoms with Gasteiger partial charge < -0.3 is 4.74 Å². The summed E-state index contributed by atoms with van der Waals surface area (Å²) < 4.78 is 31.5. The predicted molar refractivity (Wildman–Crippen MR) is 78.7 cm³/mol. The summed E-state index contributed by atoms with van der Waals surface area (Å²) in [6.07, 6.45) is 0. The third-order valence-corrected chi connectivity index (χ3v) is 4.37. The molecule has 9 heteroatoms. The fourth-order valence-corrected chi connectivity index (χ4v) is 3.06. The molecule has 0 aliphatic rings. The molecule has 8 nitrogen and oxygen atoms in total. The van der Waals surface area contributed by atoms with E-state index < -0.39 is 32.4 Å². The van der Waals surface area contributed by atoms with Crippen molar-refractivity contribution in [2.24, 2.45) is 5.41 Å². The Morgan fingerprint density at radius 2 is 1.77 bits per heavy atom. The predicted octanol–water partition coefficient (Wildman–Crippen LogP) is 1.46. The van der Waals surface area contributed by atoms with Crippen LogP contribution in [-0.4, -0.2) is 32.5 Å². The van der Waals surface area contributed by atoms with Crippen LogP contribution < -0.4 is 4.72 Å². The van der Waals surface area contributed by atoms with Gasteiger partial charge in [-0.3, -0.25) is 14.9 Å². The van der Waals surface area contributed by atoms with Gasteiger partial charge in [-0.2, -0.15) is 4.72 Å². The number of benzene rings is 1. The zero-order valence-electron chi connectivity index (χ0n) is 12.7. The van der Waals surface area contributed by atoms with Gasteiger partial charge in [-0.1, -0.05) is 20.8 Å². The highest BCUT2D eigenvalue weighted by atomic mass is 32.2. The number of ether oxygens (including phenoxy) is 1. The highest BCUT2D eigenvalue weighted by molar-refractivity contribution is 7.89. The van der Waals surface area contributed by atoms with Crippen LogP contribution >= 0.6 is 0 Å². The molecule has 0 aliphatic carbocycles. The third kappa shape index (κ3) is 4.25. The molecule has 0 aromatic heterocycles. The average molecular weight is 330 g/mol. The molecule has 0 unspecified atom stereocenters. The van der Waals surface area contributed by atoms with Gasteiger partial charge >= 0.3 is 5.97 Å². The van der Waals surface area contributed by atoms with Gasteiger partial charge in [-0.05, 0) is 17.5 Å². The lowest BCUT2D eigenvalue weighted by Gasteiger charge is -2.28. The molecular weight excluding hydrogens is 312 g/mol. The van der Waals surface area contributed by atoms with E-state index in [1.54, 1.807) is 20.8 Å². The lowest BCUT2D eigenvalue weighted by Crippen LogP contribution is -2.49. The second-order valence-electron chi connectivity index (χ2n) is 5.69. The highest BCUT2D eigenvalue weighted by Crippen LogP contribution is 2.23. The van der Waals surface area contributed by atoms with Gasteiger partial charge in [0.2, 0.25) is 10.0 Å². The van der Waals surface area contributed by atoms with E-state index in [4.69, 9.17) is 0 Å². The quantitative estimate of drug-likeness (QED) is 0.496. The second-order valence-corrected chi connectivity index (χ2v) is 7.41. The number of carbonyl (C=O) groups is 1. The van der Waals surface area contributed by atoms with Crippen LogP contribution in [0.1, 0.15) is 20.8 Å². The second kappa shape index (κ2) is 6.41. The number of esters is 1. The number of nitro benzene ring substituents is 1. The molecule has 0 fully saturated rings. The number of hydrogen-bond donors (Lipinski definition) is 1. The van der Waals surface area contributed by atoms with Crippen molar-refractivity contribution in [1.82, 2.24) is 4.72 Å². The highest BCUT2D eigenvalue weighted by Gasteiger charge is 2.36. The summed E-state index contributed by atoms with van der Waals surface area (Å²) in [6, 6.07) is 3.30. The SMILES string of the molecule is COC(=O)[C@H](NS(=O)(=O)c1ccc([N+](=O)[O-])cc1)C(C)(C)C. The van der Waals surface area contributed by atoms with E-state index in [1.165, 1.54) is 7.11 Å². The van der Waals surface area contributed by atoms with Gasteiger partial charge in [0.25, 0.3) is 5.69 Å². The molecule has 0 bridgehead atoms. The maximum absolute atomic E-state index is 12.3. The zero-order valence-corrected chi connectivity index (χ0v) is 13.5. The summed E-state index contributed by atoms with van der Waals surface area (Å²) in [5.41, 5.74) is -0.930. The molecule has 0 saturated heterocycles. The van der Waals surface area contributed by atoms with Crippen LogP contribution in [0.5, 0.6) is 0 Å². The molecule has 0 spiro atoms. The number of methoxy groups -OCH3 is 1. The first-order valence-corrected chi connectivity index (χ1v) is 7.82. The van der Waals surface area contributed by atoms with Crippen molar-refractivity contribution < 1.29 is 22.9 Å². The molecule has 1 aromatic carbocycles. The maximum Gasteiger partial charge on any atom is 0.324 e. The molecule has 0 amide bonds. The summed E-state index contributed by atoms with van der Waals surface area (Å²) in [5, 5.41) is 10.6. The van der Waals surface area contributed by atoms with Crippen molar-refractivity contribution in [2.45, 2.75) is 31.7 Å². The Morgan fingerprint density at radius 1 is 1.27 bits per heavy atom. The number of nitro groups is 1. The standard InChI is InChI=1S/C13H18N2O6S/c1-13(2,3)11(12(16)21-4)14-22(19,20)10-7-5-9(6-8-10)15(17)18/h5-8,11,14H,1-4H3/t11-/m0/s1. The van der Waals surface area contributed by atoms with E-state index in [2.05, 4.69) is 9.46 Å². The number of carbonyl (C=O) groups excluding carboxylic acids is 1. The van der Waals surface area contributed by atoms with Crippen LogP contribution in [0, 0.1) is 15.5 Å². The Balaban J connectivity index is 3.12. The van der Waals surface area contributed by atoms with E-state index in [0.717, 1.165) is 24.3 Å². The Bertz CT molecular complexity index is 661. The molecule has 1 rings (SSSR count).